The first-order valence-electron chi connectivity index (χ1n) is 6.27. The van der Waals surface area contributed by atoms with Gasteiger partial charge in [-0.25, -0.2) is 8.78 Å². The molecule has 1 atom stereocenters. The maximum Gasteiger partial charge on any atom is 0.159 e. The van der Waals surface area contributed by atoms with Crippen molar-refractivity contribution >= 4 is 0 Å². The van der Waals surface area contributed by atoms with Gasteiger partial charge in [0.1, 0.15) is 0 Å². The van der Waals surface area contributed by atoms with Crippen LogP contribution in [0.1, 0.15) is 29.7 Å². The molecule has 0 saturated heterocycles. The Balaban J connectivity index is 1.99. The maximum atomic E-state index is 13.1. The van der Waals surface area contributed by atoms with Gasteiger partial charge in [-0.1, -0.05) is 18.2 Å². The molecule has 0 aromatic heterocycles. The number of hydrogen-bond acceptors (Lipinski definition) is 2. The molecular formula is C16H14F2N2. The highest BCUT2D eigenvalue weighted by Gasteiger charge is 2.06. The summed E-state index contributed by atoms with van der Waals surface area (Å²) in [5.41, 5.74) is 2.33. The second kappa shape index (κ2) is 6.27. The van der Waals surface area contributed by atoms with Crippen molar-refractivity contribution in [3.63, 3.8) is 0 Å². The van der Waals surface area contributed by atoms with E-state index in [4.69, 9.17) is 5.26 Å². The van der Waals surface area contributed by atoms with E-state index in [0.29, 0.717) is 17.7 Å². The Morgan fingerprint density at radius 3 is 2.40 bits per heavy atom. The molecule has 4 heteroatoms. The van der Waals surface area contributed by atoms with E-state index in [0.717, 1.165) is 11.6 Å². The van der Waals surface area contributed by atoms with Crippen LogP contribution in [-0.2, 0) is 6.54 Å². The fourth-order valence-corrected chi connectivity index (χ4v) is 1.88. The van der Waals surface area contributed by atoms with Gasteiger partial charge in [0.25, 0.3) is 0 Å². The first kappa shape index (κ1) is 14.2. The van der Waals surface area contributed by atoms with Crippen LogP contribution in [0.4, 0.5) is 8.78 Å². The third-order valence-corrected chi connectivity index (χ3v) is 3.14. The minimum atomic E-state index is -0.839. The molecular weight excluding hydrogens is 258 g/mol. The number of rotatable bonds is 4. The molecule has 0 aliphatic heterocycles. The molecule has 0 heterocycles. The number of nitrogens with zero attached hydrogens (tertiary/aromatic N) is 1. The van der Waals surface area contributed by atoms with Crippen LogP contribution in [0, 0.1) is 23.0 Å². The highest BCUT2D eigenvalue weighted by atomic mass is 19.2. The number of benzene rings is 2. The van der Waals surface area contributed by atoms with Gasteiger partial charge in [-0.05, 0) is 42.3 Å². The van der Waals surface area contributed by atoms with Crippen LogP contribution < -0.4 is 5.32 Å². The van der Waals surface area contributed by atoms with Crippen molar-refractivity contribution in [1.29, 1.82) is 5.26 Å². The average Bonchev–Trinajstić information content (AvgIpc) is 2.48. The van der Waals surface area contributed by atoms with E-state index >= 15 is 0 Å². The lowest BCUT2D eigenvalue weighted by atomic mass is 10.1. The Hall–Kier alpha value is -2.25. The molecule has 2 nitrogen and oxygen atoms in total. The molecule has 2 rings (SSSR count). The first-order valence-corrected chi connectivity index (χ1v) is 6.27. The number of halogens is 2. The van der Waals surface area contributed by atoms with Crippen LogP contribution in [-0.4, -0.2) is 0 Å². The minimum absolute atomic E-state index is 0.0517. The molecule has 0 fully saturated rings. The van der Waals surface area contributed by atoms with Crippen molar-refractivity contribution in [2.75, 3.05) is 0 Å². The highest BCUT2D eigenvalue weighted by molar-refractivity contribution is 5.32. The predicted octanol–water partition coefficient (Wildman–Crippen LogP) is 3.69. The number of hydrogen-bond donors (Lipinski definition) is 1. The van der Waals surface area contributed by atoms with Gasteiger partial charge in [-0.15, -0.1) is 0 Å². The Labute approximate surface area is 116 Å². The lowest BCUT2D eigenvalue weighted by Gasteiger charge is -2.14. The van der Waals surface area contributed by atoms with Crippen LogP contribution in [0.25, 0.3) is 0 Å². The Morgan fingerprint density at radius 1 is 1.10 bits per heavy atom. The summed E-state index contributed by atoms with van der Waals surface area (Å²) in [6, 6.07) is 13.2. The van der Waals surface area contributed by atoms with E-state index in [2.05, 4.69) is 11.4 Å². The minimum Gasteiger partial charge on any atom is -0.306 e. The maximum absolute atomic E-state index is 13.1. The quantitative estimate of drug-likeness (QED) is 0.921. The predicted molar refractivity (Wildman–Crippen MR) is 72.8 cm³/mol. The van der Waals surface area contributed by atoms with Gasteiger partial charge in [0.05, 0.1) is 11.6 Å². The van der Waals surface area contributed by atoms with E-state index in [9.17, 15) is 8.78 Å². The molecule has 0 bridgehead atoms. The summed E-state index contributed by atoms with van der Waals surface area (Å²) in [4.78, 5) is 0. The van der Waals surface area contributed by atoms with E-state index in [1.807, 2.05) is 19.1 Å². The summed E-state index contributed by atoms with van der Waals surface area (Å²) < 4.78 is 25.9. The molecule has 102 valence electrons. The van der Waals surface area contributed by atoms with Crippen molar-refractivity contribution in [3.8, 4) is 6.07 Å². The van der Waals surface area contributed by atoms with Gasteiger partial charge in [0.2, 0.25) is 0 Å². The van der Waals surface area contributed by atoms with E-state index < -0.39 is 11.6 Å². The van der Waals surface area contributed by atoms with Gasteiger partial charge in [-0.3, -0.25) is 0 Å². The van der Waals surface area contributed by atoms with Gasteiger partial charge < -0.3 is 5.32 Å². The standard InChI is InChI=1S/C16H14F2N2/c1-11(14-5-2-12(9-19)3-6-14)20-10-13-4-7-15(17)16(18)8-13/h2-8,11,20H,10H2,1H3. The number of nitriles is 1. The molecule has 0 radical (unpaired) electrons. The van der Waals surface area contributed by atoms with Crippen molar-refractivity contribution in [2.45, 2.75) is 19.5 Å². The van der Waals surface area contributed by atoms with Crippen LogP contribution in [0.5, 0.6) is 0 Å². The molecule has 0 amide bonds. The molecule has 0 saturated carbocycles. The second-order valence-electron chi connectivity index (χ2n) is 4.58. The second-order valence-corrected chi connectivity index (χ2v) is 4.58. The van der Waals surface area contributed by atoms with Crippen molar-refractivity contribution < 1.29 is 8.78 Å². The van der Waals surface area contributed by atoms with E-state index in [-0.39, 0.29) is 6.04 Å². The molecule has 20 heavy (non-hydrogen) atoms. The van der Waals surface area contributed by atoms with Crippen LogP contribution in [0.2, 0.25) is 0 Å². The van der Waals surface area contributed by atoms with Gasteiger partial charge in [0, 0.05) is 12.6 Å². The van der Waals surface area contributed by atoms with Crippen LogP contribution >= 0.6 is 0 Å². The topological polar surface area (TPSA) is 35.8 Å². The molecule has 2 aromatic carbocycles. The normalized spacial score (nSPS) is 11.9. The largest absolute Gasteiger partial charge is 0.306 e. The lowest BCUT2D eigenvalue weighted by molar-refractivity contribution is 0.504. The third kappa shape index (κ3) is 3.40. The molecule has 0 spiro atoms. The zero-order valence-corrected chi connectivity index (χ0v) is 11.0. The average molecular weight is 272 g/mol. The smallest absolute Gasteiger partial charge is 0.159 e. The van der Waals surface area contributed by atoms with Crippen LogP contribution in [0.15, 0.2) is 42.5 Å². The zero-order valence-electron chi connectivity index (χ0n) is 11.0. The monoisotopic (exact) mass is 272 g/mol. The molecule has 1 N–H and O–H groups in total. The van der Waals surface area contributed by atoms with Crippen molar-refractivity contribution in [3.05, 3.63) is 70.8 Å². The summed E-state index contributed by atoms with van der Waals surface area (Å²) in [5, 5.41) is 12.0. The highest BCUT2D eigenvalue weighted by Crippen LogP contribution is 2.15. The fraction of sp³-hybridized carbons (Fsp3) is 0.188. The van der Waals surface area contributed by atoms with Crippen LogP contribution in [0.3, 0.4) is 0 Å². The lowest BCUT2D eigenvalue weighted by Crippen LogP contribution is -2.18. The molecule has 2 aromatic rings. The SMILES string of the molecule is CC(NCc1ccc(F)c(F)c1)c1ccc(C#N)cc1. The van der Waals surface area contributed by atoms with E-state index in [1.54, 1.807) is 18.2 Å². The summed E-state index contributed by atoms with van der Waals surface area (Å²) in [6.07, 6.45) is 0. The third-order valence-electron chi connectivity index (χ3n) is 3.14. The summed E-state index contributed by atoms with van der Waals surface area (Å²) in [5.74, 6) is -1.68. The fourth-order valence-electron chi connectivity index (χ4n) is 1.88. The molecule has 1 unspecified atom stereocenters. The summed E-state index contributed by atoms with van der Waals surface area (Å²) in [6.45, 7) is 2.42. The van der Waals surface area contributed by atoms with Gasteiger partial charge in [0.15, 0.2) is 11.6 Å². The van der Waals surface area contributed by atoms with Crippen molar-refractivity contribution in [1.82, 2.24) is 5.32 Å². The Morgan fingerprint density at radius 2 is 1.80 bits per heavy atom. The van der Waals surface area contributed by atoms with Gasteiger partial charge >= 0.3 is 0 Å². The summed E-state index contributed by atoms with van der Waals surface area (Å²) >= 11 is 0. The Bertz CT molecular complexity index is 630. The Kier molecular flexibility index (Phi) is 4.44. The summed E-state index contributed by atoms with van der Waals surface area (Å²) in [7, 11) is 0. The first-order chi connectivity index (χ1) is 9.60. The molecule has 0 aliphatic carbocycles. The number of nitrogens with one attached hydrogen (secondary N) is 1. The zero-order chi connectivity index (χ0) is 14.5. The molecule has 0 aliphatic rings. The van der Waals surface area contributed by atoms with E-state index in [1.165, 1.54) is 6.07 Å². The van der Waals surface area contributed by atoms with Gasteiger partial charge in [-0.2, -0.15) is 5.26 Å². The van der Waals surface area contributed by atoms with Crippen molar-refractivity contribution in [2.24, 2.45) is 0 Å².